The average molecular weight is 498 g/mol. The van der Waals surface area contributed by atoms with Crippen LogP contribution in [0.25, 0.3) is 11.3 Å². The standard InChI is InChI=1S/C27H27N7O3/c1-37-22-15-21(11-13-29-22)30-26-23(25(28)35)24(32-33-26)18-7-9-20(10-8-18)31-27(36)34-14-12-19(16-34)17-5-3-2-4-6-17/h2-11,13,15,19H,12,14,16H2,1H3,(H2,28,35)(H,31,36)(H2,29,30,32,33)/t19-/m0/s1. The van der Waals surface area contributed by atoms with Gasteiger partial charge in [-0.05, 0) is 30.2 Å². The number of aromatic amines is 1. The summed E-state index contributed by atoms with van der Waals surface area (Å²) in [7, 11) is 1.52. The highest BCUT2D eigenvalue weighted by molar-refractivity contribution is 6.04. The first-order valence-electron chi connectivity index (χ1n) is 11.9. The number of nitrogens with one attached hydrogen (secondary N) is 3. The smallest absolute Gasteiger partial charge is 0.321 e. The zero-order valence-electron chi connectivity index (χ0n) is 20.3. The zero-order valence-corrected chi connectivity index (χ0v) is 20.3. The summed E-state index contributed by atoms with van der Waals surface area (Å²) in [5, 5.41) is 13.2. The van der Waals surface area contributed by atoms with Gasteiger partial charge in [0.05, 0.1) is 12.8 Å². The number of methoxy groups -OCH3 is 1. The first kappa shape index (κ1) is 23.9. The number of hydrogen-bond donors (Lipinski definition) is 4. The number of pyridine rings is 1. The molecule has 2 aromatic heterocycles. The lowest BCUT2D eigenvalue weighted by molar-refractivity contribution is 0.100. The van der Waals surface area contributed by atoms with Crippen molar-refractivity contribution in [1.82, 2.24) is 20.1 Å². The number of hydrogen-bond acceptors (Lipinski definition) is 6. The predicted octanol–water partition coefficient (Wildman–Crippen LogP) is 4.34. The van der Waals surface area contributed by atoms with Crippen LogP contribution in [0.1, 0.15) is 28.3 Å². The summed E-state index contributed by atoms with van der Waals surface area (Å²) in [6, 6.07) is 20.7. The van der Waals surface area contributed by atoms with Gasteiger partial charge >= 0.3 is 6.03 Å². The Bertz CT molecular complexity index is 1400. The van der Waals surface area contributed by atoms with Gasteiger partial charge in [0, 0.05) is 48.2 Å². The van der Waals surface area contributed by atoms with Crippen molar-refractivity contribution in [3.05, 3.63) is 84.1 Å². The van der Waals surface area contributed by atoms with Gasteiger partial charge in [0.1, 0.15) is 5.56 Å². The van der Waals surface area contributed by atoms with E-state index in [0.717, 1.165) is 6.42 Å². The maximum absolute atomic E-state index is 12.8. The van der Waals surface area contributed by atoms with Crippen LogP contribution in [0.5, 0.6) is 5.88 Å². The Balaban J connectivity index is 1.27. The minimum absolute atomic E-state index is 0.134. The number of nitrogens with two attached hydrogens (primary N) is 1. The maximum Gasteiger partial charge on any atom is 0.321 e. The number of primary amides is 1. The van der Waals surface area contributed by atoms with Gasteiger partial charge in [0.15, 0.2) is 5.82 Å². The van der Waals surface area contributed by atoms with Gasteiger partial charge < -0.3 is 26.0 Å². The number of benzene rings is 2. The molecule has 4 aromatic rings. The summed E-state index contributed by atoms with van der Waals surface area (Å²) in [5.41, 5.74) is 9.62. The van der Waals surface area contributed by atoms with Gasteiger partial charge in [-0.1, -0.05) is 42.5 Å². The Morgan fingerprint density at radius 2 is 1.86 bits per heavy atom. The quantitative estimate of drug-likeness (QED) is 0.300. The summed E-state index contributed by atoms with van der Waals surface area (Å²) < 4.78 is 5.14. The molecule has 0 radical (unpaired) electrons. The van der Waals surface area contributed by atoms with Crippen molar-refractivity contribution in [2.45, 2.75) is 12.3 Å². The molecule has 10 nitrogen and oxygen atoms in total. The normalized spacial score (nSPS) is 14.8. The lowest BCUT2D eigenvalue weighted by atomic mass is 9.99. The number of carbonyl (C=O) groups is 2. The van der Waals surface area contributed by atoms with Crippen LogP contribution in [0.15, 0.2) is 72.9 Å². The number of ether oxygens (including phenoxy) is 1. The highest BCUT2D eigenvalue weighted by Crippen LogP contribution is 2.31. The number of anilines is 3. The van der Waals surface area contributed by atoms with Gasteiger partial charge in [0.2, 0.25) is 5.88 Å². The highest BCUT2D eigenvalue weighted by Gasteiger charge is 2.27. The number of amides is 3. The van der Waals surface area contributed by atoms with Crippen LogP contribution in [0, 0.1) is 0 Å². The van der Waals surface area contributed by atoms with E-state index < -0.39 is 5.91 Å². The Hall–Kier alpha value is -4.86. The van der Waals surface area contributed by atoms with Crippen LogP contribution in [0.4, 0.5) is 22.0 Å². The summed E-state index contributed by atoms with van der Waals surface area (Å²) in [6.07, 6.45) is 2.52. The summed E-state index contributed by atoms with van der Waals surface area (Å²) in [6.45, 7) is 1.39. The molecule has 0 aliphatic carbocycles. The fourth-order valence-corrected chi connectivity index (χ4v) is 4.48. The molecule has 1 aliphatic rings. The molecule has 0 unspecified atom stereocenters. The van der Waals surface area contributed by atoms with E-state index in [-0.39, 0.29) is 17.4 Å². The third kappa shape index (κ3) is 5.22. The Morgan fingerprint density at radius 1 is 1.08 bits per heavy atom. The van der Waals surface area contributed by atoms with Crippen LogP contribution < -0.4 is 21.1 Å². The van der Waals surface area contributed by atoms with Crippen LogP contribution in [0.2, 0.25) is 0 Å². The van der Waals surface area contributed by atoms with Crippen LogP contribution in [-0.2, 0) is 0 Å². The molecule has 1 aliphatic heterocycles. The Kier molecular flexibility index (Phi) is 6.71. The van der Waals surface area contributed by atoms with Crippen LogP contribution in [0.3, 0.4) is 0 Å². The molecule has 1 atom stereocenters. The van der Waals surface area contributed by atoms with Crippen molar-refractivity contribution in [3.8, 4) is 17.1 Å². The van der Waals surface area contributed by atoms with Crippen LogP contribution >= 0.6 is 0 Å². The highest BCUT2D eigenvalue weighted by atomic mass is 16.5. The van der Waals surface area contributed by atoms with E-state index in [2.05, 4.69) is 37.9 Å². The molecular weight excluding hydrogens is 470 g/mol. The second-order valence-electron chi connectivity index (χ2n) is 8.75. The van der Waals surface area contributed by atoms with E-state index in [4.69, 9.17) is 10.5 Å². The predicted molar refractivity (Wildman–Crippen MR) is 141 cm³/mol. The Labute approximate surface area is 213 Å². The molecule has 3 heterocycles. The van der Waals surface area contributed by atoms with Crippen molar-refractivity contribution >= 4 is 29.1 Å². The van der Waals surface area contributed by atoms with Crippen molar-refractivity contribution in [3.63, 3.8) is 0 Å². The fourth-order valence-electron chi connectivity index (χ4n) is 4.48. The minimum atomic E-state index is -0.633. The average Bonchev–Trinajstić information content (AvgIpc) is 3.58. The summed E-state index contributed by atoms with van der Waals surface area (Å²) >= 11 is 0. The number of aromatic nitrogens is 3. The van der Waals surface area contributed by atoms with E-state index in [9.17, 15) is 9.59 Å². The molecule has 5 N–H and O–H groups in total. The van der Waals surface area contributed by atoms with E-state index >= 15 is 0 Å². The van der Waals surface area contributed by atoms with Crippen molar-refractivity contribution in [2.75, 3.05) is 30.8 Å². The van der Waals surface area contributed by atoms with E-state index in [0.29, 0.717) is 47.5 Å². The summed E-state index contributed by atoms with van der Waals surface area (Å²) in [5.74, 6) is 0.420. The van der Waals surface area contributed by atoms with Crippen molar-refractivity contribution < 1.29 is 14.3 Å². The molecule has 0 spiro atoms. The first-order chi connectivity index (χ1) is 18.0. The van der Waals surface area contributed by atoms with Crippen LogP contribution in [-0.4, -0.2) is 52.2 Å². The molecule has 1 saturated heterocycles. The molecule has 37 heavy (non-hydrogen) atoms. The van der Waals surface area contributed by atoms with Gasteiger partial charge in [-0.25, -0.2) is 9.78 Å². The molecule has 3 amide bonds. The molecule has 1 fully saturated rings. The molecule has 5 rings (SSSR count). The molecular formula is C27H27N7O3. The third-order valence-electron chi connectivity index (χ3n) is 6.39. The number of carbonyl (C=O) groups excluding carboxylic acids is 2. The van der Waals surface area contributed by atoms with Crippen molar-refractivity contribution in [2.24, 2.45) is 5.73 Å². The van der Waals surface area contributed by atoms with Crippen molar-refractivity contribution in [1.29, 1.82) is 0 Å². The largest absolute Gasteiger partial charge is 0.481 e. The summed E-state index contributed by atoms with van der Waals surface area (Å²) in [4.78, 5) is 31.0. The van der Waals surface area contributed by atoms with Gasteiger partial charge in [-0.2, -0.15) is 5.10 Å². The number of nitrogens with zero attached hydrogens (tertiary/aromatic N) is 3. The fraction of sp³-hybridized carbons (Fsp3) is 0.185. The Morgan fingerprint density at radius 3 is 2.59 bits per heavy atom. The number of rotatable bonds is 7. The maximum atomic E-state index is 12.8. The SMILES string of the molecule is COc1cc(Nc2n[nH]c(-c3ccc(NC(=O)N4CC[C@H](c5ccccc5)C4)cc3)c2C(N)=O)ccn1. The zero-order chi connectivity index (χ0) is 25.8. The second kappa shape index (κ2) is 10.4. The third-order valence-corrected chi connectivity index (χ3v) is 6.39. The lowest BCUT2D eigenvalue weighted by Crippen LogP contribution is -2.32. The molecule has 188 valence electrons. The monoisotopic (exact) mass is 497 g/mol. The van der Waals surface area contributed by atoms with E-state index in [1.165, 1.54) is 12.7 Å². The number of urea groups is 1. The van der Waals surface area contributed by atoms with Gasteiger partial charge in [-0.15, -0.1) is 0 Å². The number of likely N-dealkylation sites (tertiary alicyclic amines) is 1. The molecule has 0 bridgehead atoms. The minimum Gasteiger partial charge on any atom is -0.481 e. The molecule has 10 heteroatoms. The van der Waals surface area contributed by atoms with E-state index in [1.807, 2.05) is 23.1 Å². The lowest BCUT2D eigenvalue weighted by Gasteiger charge is -2.18. The second-order valence-corrected chi connectivity index (χ2v) is 8.75. The molecule has 2 aromatic carbocycles. The van der Waals surface area contributed by atoms with Gasteiger partial charge in [-0.3, -0.25) is 9.89 Å². The number of H-pyrrole nitrogens is 1. The topological polar surface area (TPSA) is 138 Å². The van der Waals surface area contributed by atoms with E-state index in [1.54, 1.807) is 42.6 Å². The van der Waals surface area contributed by atoms with Gasteiger partial charge in [0.25, 0.3) is 5.91 Å². The molecule has 0 saturated carbocycles. The first-order valence-corrected chi connectivity index (χ1v) is 11.9.